The fourth-order valence-corrected chi connectivity index (χ4v) is 10.9. The van der Waals surface area contributed by atoms with Crippen molar-refractivity contribution in [1.29, 1.82) is 0 Å². The van der Waals surface area contributed by atoms with E-state index in [2.05, 4.69) is 59.9 Å². The molecule has 5 rings (SSSR count). The van der Waals surface area contributed by atoms with E-state index < -0.39 is 17.4 Å². The number of aliphatic carboxylic acids is 1. The lowest BCUT2D eigenvalue weighted by molar-refractivity contribution is -0.186. The summed E-state index contributed by atoms with van der Waals surface area (Å²) in [7, 11) is 0. The number of carboxylic acid groups (broad SMARTS) is 1. The van der Waals surface area contributed by atoms with E-state index in [-0.39, 0.29) is 38.9 Å². The summed E-state index contributed by atoms with van der Waals surface area (Å²) in [4.78, 5) is 38.5. The lowest BCUT2D eigenvalue weighted by Crippen LogP contribution is -2.65. The number of carbonyl (C=O) groups is 3. The highest BCUT2D eigenvalue weighted by Gasteiger charge is 2.69. The largest absolute Gasteiger partial charge is 0.480 e. The molecule has 0 heterocycles. The second kappa shape index (κ2) is 8.43. The normalized spacial score (nSPS) is 45.8. The van der Waals surface area contributed by atoms with Gasteiger partial charge in [-0.15, -0.1) is 0 Å². The molecule has 8 atom stereocenters. The van der Waals surface area contributed by atoms with Gasteiger partial charge in [-0.3, -0.25) is 14.4 Å². The molecule has 0 bridgehead atoms. The maximum atomic E-state index is 13.9. The number of rotatable bonds is 3. The molecule has 38 heavy (non-hydrogen) atoms. The predicted molar refractivity (Wildman–Crippen MR) is 149 cm³/mol. The van der Waals surface area contributed by atoms with Crippen molar-refractivity contribution < 1.29 is 19.5 Å². The number of carbonyl (C=O) groups excluding carboxylic acids is 2. The topological polar surface area (TPSA) is 83.5 Å². The van der Waals surface area contributed by atoms with Gasteiger partial charge in [0.2, 0.25) is 5.91 Å². The third-order valence-corrected chi connectivity index (χ3v) is 13.6. The molecule has 0 radical (unpaired) electrons. The predicted octanol–water partition coefficient (Wildman–Crippen LogP) is 6.95. The molecule has 1 amide bonds. The molecule has 4 saturated carbocycles. The number of hydrogen-bond acceptors (Lipinski definition) is 3. The summed E-state index contributed by atoms with van der Waals surface area (Å²) in [5.41, 5.74) is 1.14. The van der Waals surface area contributed by atoms with E-state index in [1.807, 2.05) is 0 Å². The van der Waals surface area contributed by atoms with Gasteiger partial charge in [0.05, 0.1) is 5.41 Å². The van der Waals surface area contributed by atoms with Crippen LogP contribution in [0.3, 0.4) is 0 Å². The zero-order valence-electron chi connectivity index (χ0n) is 25.1. The first-order chi connectivity index (χ1) is 17.4. The Bertz CT molecular complexity index is 1090. The van der Waals surface area contributed by atoms with Gasteiger partial charge in [-0.1, -0.05) is 60.1 Å². The first kappa shape index (κ1) is 27.9. The molecular formula is C33H51NO4. The zero-order chi connectivity index (χ0) is 28.1. The lowest BCUT2D eigenvalue weighted by Gasteiger charge is -2.70. The molecule has 0 spiro atoms. The molecule has 0 saturated heterocycles. The van der Waals surface area contributed by atoms with Crippen molar-refractivity contribution in [3.8, 4) is 0 Å². The van der Waals surface area contributed by atoms with Gasteiger partial charge in [-0.05, 0) is 104 Å². The smallest absolute Gasteiger partial charge is 0.325 e. The fraction of sp³-hybridized carbons (Fsp3) is 0.848. The van der Waals surface area contributed by atoms with E-state index in [1.54, 1.807) is 6.92 Å². The second-order valence-corrected chi connectivity index (χ2v) is 16.0. The molecule has 5 aliphatic carbocycles. The number of hydrogen-bond donors (Lipinski definition) is 2. The number of fused-ring (bicyclic) bond motifs is 7. The molecule has 0 unspecified atom stereocenters. The van der Waals surface area contributed by atoms with Gasteiger partial charge in [-0.2, -0.15) is 0 Å². The molecule has 0 aliphatic heterocycles. The maximum Gasteiger partial charge on any atom is 0.325 e. The van der Waals surface area contributed by atoms with E-state index in [9.17, 15) is 19.5 Å². The van der Waals surface area contributed by atoms with Crippen LogP contribution in [0, 0.1) is 50.2 Å². The summed E-state index contributed by atoms with van der Waals surface area (Å²) >= 11 is 0. The van der Waals surface area contributed by atoms with Crippen molar-refractivity contribution in [2.45, 2.75) is 126 Å². The third kappa shape index (κ3) is 3.58. The van der Waals surface area contributed by atoms with Gasteiger partial charge in [0.1, 0.15) is 11.8 Å². The van der Waals surface area contributed by atoms with E-state index in [4.69, 9.17) is 0 Å². The highest BCUT2D eigenvalue weighted by atomic mass is 16.4. The summed E-state index contributed by atoms with van der Waals surface area (Å²) in [5.74, 6) is 0.516. The minimum Gasteiger partial charge on any atom is -0.480 e. The Morgan fingerprint density at radius 3 is 2.26 bits per heavy atom. The first-order valence-electron chi connectivity index (χ1n) is 15.2. The van der Waals surface area contributed by atoms with Crippen LogP contribution in [0.4, 0.5) is 0 Å². The quantitative estimate of drug-likeness (QED) is 0.391. The van der Waals surface area contributed by atoms with Crippen LogP contribution in [0.1, 0.15) is 120 Å². The number of carboxylic acids is 1. The lowest BCUT2D eigenvalue weighted by atomic mass is 9.33. The van der Waals surface area contributed by atoms with Crippen molar-refractivity contribution in [3.63, 3.8) is 0 Å². The van der Waals surface area contributed by atoms with Gasteiger partial charge >= 0.3 is 5.97 Å². The van der Waals surface area contributed by atoms with Crippen LogP contribution in [-0.4, -0.2) is 28.8 Å². The molecule has 5 aliphatic rings. The third-order valence-electron chi connectivity index (χ3n) is 13.6. The highest BCUT2D eigenvalue weighted by molar-refractivity contribution is 5.88. The number of amides is 1. The Morgan fingerprint density at radius 1 is 0.947 bits per heavy atom. The van der Waals surface area contributed by atoms with Crippen molar-refractivity contribution in [2.75, 3.05) is 0 Å². The Morgan fingerprint density at radius 2 is 1.61 bits per heavy atom. The van der Waals surface area contributed by atoms with Crippen LogP contribution >= 0.6 is 0 Å². The summed E-state index contributed by atoms with van der Waals surface area (Å²) in [6, 6.07) is -0.879. The average Bonchev–Trinajstić information content (AvgIpc) is 2.81. The summed E-state index contributed by atoms with van der Waals surface area (Å²) < 4.78 is 0. The monoisotopic (exact) mass is 525 g/mol. The van der Waals surface area contributed by atoms with Crippen molar-refractivity contribution in [2.24, 2.45) is 50.2 Å². The zero-order valence-corrected chi connectivity index (χ0v) is 25.1. The molecule has 2 N–H and O–H groups in total. The first-order valence-corrected chi connectivity index (χ1v) is 15.2. The second-order valence-electron chi connectivity index (χ2n) is 16.0. The van der Waals surface area contributed by atoms with Crippen LogP contribution in [0.5, 0.6) is 0 Å². The van der Waals surface area contributed by atoms with E-state index in [0.29, 0.717) is 24.0 Å². The van der Waals surface area contributed by atoms with Crippen molar-refractivity contribution in [3.05, 3.63) is 11.6 Å². The fourth-order valence-electron chi connectivity index (χ4n) is 10.9. The van der Waals surface area contributed by atoms with Crippen LogP contribution in [0.15, 0.2) is 11.6 Å². The number of allylic oxidation sites excluding steroid dienone is 2. The van der Waals surface area contributed by atoms with Crippen molar-refractivity contribution in [1.82, 2.24) is 5.32 Å². The Balaban J connectivity index is 1.57. The van der Waals surface area contributed by atoms with Crippen LogP contribution in [0.25, 0.3) is 0 Å². The Kier molecular flexibility index (Phi) is 6.19. The van der Waals surface area contributed by atoms with Gasteiger partial charge in [0.15, 0.2) is 0 Å². The van der Waals surface area contributed by atoms with Crippen LogP contribution in [-0.2, 0) is 14.4 Å². The van der Waals surface area contributed by atoms with Gasteiger partial charge in [0, 0.05) is 11.8 Å². The maximum absolute atomic E-state index is 13.9. The minimum atomic E-state index is -0.978. The van der Waals surface area contributed by atoms with E-state index in [1.165, 1.54) is 5.57 Å². The Labute approximate surface area is 230 Å². The average molecular weight is 526 g/mol. The molecule has 5 heteroatoms. The van der Waals surface area contributed by atoms with E-state index in [0.717, 1.165) is 57.8 Å². The number of Topliss-reactive ketones (excluding diaryl/α,β-unsaturated/α-hetero) is 1. The van der Waals surface area contributed by atoms with Gasteiger partial charge in [-0.25, -0.2) is 0 Å². The molecule has 212 valence electrons. The van der Waals surface area contributed by atoms with E-state index >= 15 is 0 Å². The molecule has 0 aromatic heterocycles. The summed E-state index contributed by atoms with van der Waals surface area (Å²) in [6.45, 7) is 18.2. The standard InChI is InChI=1S/C33H51NO4/c1-20(26(36)37)34-27(38)33-17-15-28(2,3)19-22(33)21-9-10-24-30(6)13-12-25(35)29(4,5)23(30)11-14-32(24,8)31(21,7)16-18-33/h9,20,22-24H,10-19H2,1-8H3,(H,34,38)(H,36,37)/t20-,22-,23-,24+,30-,31+,32+,33-/m0/s1. The minimum absolute atomic E-state index is 0.00970. The molecule has 0 aromatic rings. The molecule has 0 aromatic carbocycles. The van der Waals surface area contributed by atoms with Crippen LogP contribution < -0.4 is 5.32 Å². The molecule has 4 fully saturated rings. The number of nitrogens with one attached hydrogen (secondary N) is 1. The van der Waals surface area contributed by atoms with Gasteiger partial charge in [0.25, 0.3) is 0 Å². The number of ketones is 1. The Hall–Kier alpha value is -1.65. The highest BCUT2D eigenvalue weighted by Crippen LogP contribution is 2.75. The molecule has 5 nitrogen and oxygen atoms in total. The summed E-state index contributed by atoms with van der Waals surface area (Å²) in [5, 5.41) is 12.4. The van der Waals surface area contributed by atoms with Crippen molar-refractivity contribution >= 4 is 17.7 Å². The SMILES string of the molecule is C[C@H](NC(=O)[C@]12CCC(C)(C)C[C@H]1C1=CC[C@@H]3[C@@]4(C)CCC(=O)C(C)(C)[C@@H]4CC[C@@]3(C)[C@]1(C)CC2)C(=O)O. The molecular weight excluding hydrogens is 474 g/mol. The van der Waals surface area contributed by atoms with Crippen LogP contribution in [0.2, 0.25) is 0 Å². The van der Waals surface area contributed by atoms with Gasteiger partial charge < -0.3 is 10.4 Å². The summed E-state index contributed by atoms with van der Waals surface area (Å²) in [6.07, 6.45) is 12.1.